The third kappa shape index (κ3) is 3.45. The number of hydrogen-bond donors (Lipinski definition) is 2. The van der Waals surface area contributed by atoms with Gasteiger partial charge in [0.25, 0.3) is 0 Å². The molecule has 2 aromatic rings. The molecule has 0 aliphatic heterocycles. The average molecular weight is 373 g/mol. The maximum atomic E-state index is 12.5. The van der Waals surface area contributed by atoms with Gasteiger partial charge in [0.15, 0.2) is 0 Å². The van der Waals surface area contributed by atoms with Crippen molar-refractivity contribution in [3.63, 3.8) is 0 Å². The lowest BCUT2D eigenvalue weighted by atomic mass is 10.0. The third-order valence-corrected chi connectivity index (χ3v) is 4.47. The Morgan fingerprint density at radius 3 is 2.04 bits per heavy atom. The van der Waals surface area contributed by atoms with Gasteiger partial charge in [-0.3, -0.25) is 9.59 Å². The summed E-state index contributed by atoms with van der Waals surface area (Å²) < 4.78 is 0.879. The molecule has 0 spiro atoms. The molecule has 0 saturated heterocycles. The minimum atomic E-state index is -0.952. The molecule has 1 saturated carbocycles. The summed E-state index contributed by atoms with van der Waals surface area (Å²) in [4.78, 5) is 25.0. The number of carbonyl (C=O) groups excluding carboxylic acids is 2. The predicted octanol–water partition coefficient (Wildman–Crippen LogP) is 4.11. The van der Waals surface area contributed by atoms with E-state index in [2.05, 4.69) is 26.6 Å². The summed E-state index contributed by atoms with van der Waals surface area (Å²) in [5, 5.41) is 5.69. The number of aryl methyl sites for hydroxylation is 1. The number of rotatable bonds is 4. The lowest BCUT2D eigenvalue weighted by Gasteiger charge is -2.16. The molecule has 0 bridgehead atoms. The zero-order valence-electron chi connectivity index (χ0n) is 12.7. The second-order valence-electron chi connectivity index (χ2n) is 5.87. The minimum Gasteiger partial charge on any atom is -0.325 e. The zero-order chi connectivity index (χ0) is 16.4. The highest BCUT2D eigenvalue weighted by molar-refractivity contribution is 9.10. The number of halogens is 1. The first-order chi connectivity index (χ1) is 11.0. The quantitative estimate of drug-likeness (QED) is 0.793. The van der Waals surface area contributed by atoms with Gasteiger partial charge in [-0.05, 0) is 55.7 Å². The lowest BCUT2D eigenvalue weighted by molar-refractivity contribution is -0.131. The molecule has 0 aromatic heterocycles. The van der Waals surface area contributed by atoms with Crippen LogP contribution < -0.4 is 10.6 Å². The van der Waals surface area contributed by atoms with E-state index in [-0.39, 0.29) is 11.8 Å². The monoisotopic (exact) mass is 372 g/mol. The number of benzene rings is 2. The van der Waals surface area contributed by atoms with Gasteiger partial charge in [-0.15, -0.1) is 0 Å². The zero-order valence-corrected chi connectivity index (χ0v) is 14.3. The van der Waals surface area contributed by atoms with E-state index in [9.17, 15) is 9.59 Å². The Morgan fingerprint density at radius 1 is 0.957 bits per heavy atom. The van der Waals surface area contributed by atoms with Crippen molar-refractivity contribution in [1.82, 2.24) is 0 Å². The van der Waals surface area contributed by atoms with Crippen molar-refractivity contribution in [2.45, 2.75) is 19.8 Å². The summed E-state index contributed by atoms with van der Waals surface area (Å²) in [6, 6.07) is 14.9. The standard InChI is InChI=1S/C18H17BrN2O2/c1-12-4-2-6-14(10-12)20-16(22)18(8-9-18)17(23)21-15-7-3-5-13(19)11-15/h2-7,10-11H,8-9H2,1H3,(H,20,22)(H,21,23). The lowest BCUT2D eigenvalue weighted by Crippen LogP contribution is -2.35. The van der Waals surface area contributed by atoms with Crippen LogP contribution in [-0.4, -0.2) is 11.8 Å². The van der Waals surface area contributed by atoms with Gasteiger partial charge in [-0.25, -0.2) is 0 Å². The van der Waals surface area contributed by atoms with Gasteiger partial charge in [-0.1, -0.05) is 34.1 Å². The van der Waals surface area contributed by atoms with Crippen LogP contribution in [0.15, 0.2) is 53.0 Å². The summed E-state index contributed by atoms with van der Waals surface area (Å²) in [5.41, 5.74) is 1.51. The second-order valence-corrected chi connectivity index (χ2v) is 6.79. The first-order valence-corrected chi connectivity index (χ1v) is 8.24. The average Bonchev–Trinajstić information content (AvgIpc) is 3.29. The van der Waals surface area contributed by atoms with Gasteiger partial charge in [0.05, 0.1) is 0 Å². The third-order valence-electron chi connectivity index (χ3n) is 3.98. The van der Waals surface area contributed by atoms with Crippen LogP contribution in [0.4, 0.5) is 11.4 Å². The van der Waals surface area contributed by atoms with Gasteiger partial charge in [-0.2, -0.15) is 0 Å². The topological polar surface area (TPSA) is 58.2 Å². The molecule has 1 fully saturated rings. The molecule has 2 aromatic carbocycles. The Balaban J connectivity index is 1.71. The summed E-state index contributed by atoms with van der Waals surface area (Å²) in [7, 11) is 0. The van der Waals surface area contributed by atoms with Gasteiger partial charge in [0.1, 0.15) is 5.41 Å². The van der Waals surface area contributed by atoms with Crippen LogP contribution in [0.1, 0.15) is 18.4 Å². The van der Waals surface area contributed by atoms with Crippen molar-refractivity contribution in [3.05, 3.63) is 58.6 Å². The largest absolute Gasteiger partial charge is 0.325 e. The van der Waals surface area contributed by atoms with Gasteiger partial charge in [0, 0.05) is 15.8 Å². The maximum Gasteiger partial charge on any atom is 0.240 e. The Labute approximate surface area is 143 Å². The summed E-state index contributed by atoms with van der Waals surface area (Å²) >= 11 is 3.37. The fourth-order valence-corrected chi connectivity index (χ4v) is 2.87. The van der Waals surface area contributed by atoms with E-state index >= 15 is 0 Å². The van der Waals surface area contributed by atoms with Gasteiger partial charge >= 0.3 is 0 Å². The van der Waals surface area contributed by atoms with Crippen molar-refractivity contribution in [2.24, 2.45) is 5.41 Å². The van der Waals surface area contributed by atoms with E-state index in [4.69, 9.17) is 0 Å². The molecule has 4 nitrogen and oxygen atoms in total. The highest BCUT2D eigenvalue weighted by Gasteiger charge is 2.56. The van der Waals surface area contributed by atoms with Crippen molar-refractivity contribution in [2.75, 3.05) is 10.6 Å². The van der Waals surface area contributed by atoms with E-state index in [0.29, 0.717) is 18.5 Å². The molecule has 2 N–H and O–H groups in total. The van der Waals surface area contributed by atoms with Crippen LogP contribution in [0.5, 0.6) is 0 Å². The van der Waals surface area contributed by atoms with Gasteiger partial charge < -0.3 is 10.6 Å². The van der Waals surface area contributed by atoms with Crippen molar-refractivity contribution in [3.8, 4) is 0 Å². The molecule has 2 amide bonds. The van der Waals surface area contributed by atoms with Gasteiger partial charge in [0.2, 0.25) is 11.8 Å². The summed E-state index contributed by atoms with van der Waals surface area (Å²) in [6.07, 6.45) is 1.15. The van der Waals surface area contributed by atoms with Crippen molar-refractivity contribution in [1.29, 1.82) is 0 Å². The molecule has 0 atom stereocenters. The minimum absolute atomic E-state index is 0.240. The second kappa shape index (κ2) is 6.16. The molecule has 0 unspecified atom stereocenters. The summed E-state index contributed by atoms with van der Waals surface area (Å²) in [6.45, 7) is 1.96. The van der Waals surface area contributed by atoms with E-state index in [1.807, 2.05) is 49.4 Å². The highest BCUT2D eigenvalue weighted by atomic mass is 79.9. The highest BCUT2D eigenvalue weighted by Crippen LogP contribution is 2.47. The molecule has 23 heavy (non-hydrogen) atoms. The van der Waals surface area contributed by atoms with E-state index in [1.54, 1.807) is 6.07 Å². The molecule has 0 heterocycles. The fourth-order valence-electron chi connectivity index (χ4n) is 2.47. The molecule has 1 aliphatic rings. The molecular formula is C18H17BrN2O2. The Bertz CT molecular complexity index is 708. The van der Waals surface area contributed by atoms with Crippen molar-refractivity contribution < 1.29 is 9.59 Å². The first kappa shape index (κ1) is 15.7. The molecule has 3 rings (SSSR count). The van der Waals surface area contributed by atoms with E-state index in [0.717, 1.165) is 15.7 Å². The smallest absolute Gasteiger partial charge is 0.240 e. The van der Waals surface area contributed by atoms with E-state index in [1.165, 1.54) is 0 Å². The Morgan fingerprint density at radius 2 is 1.52 bits per heavy atom. The fraction of sp³-hybridized carbons (Fsp3) is 0.222. The molecule has 0 radical (unpaired) electrons. The van der Waals surface area contributed by atoms with Crippen LogP contribution in [-0.2, 0) is 9.59 Å². The number of carbonyl (C=O) groups is 2. The number of nitrogens with one attached hydrogen (secondary N) is 2. The maximum absolute atomic E-state index is 12.5. The van der Waals surface area contributed by atoms with Crippen molar-refractivity contribution >= 4 is 39.1 Å². The van der Waals surface area contributed by atoms with Crippen LogP contribution >= 0.6 is 15.9 Å². The molecule has 1 aliphatic carbocycles. The van der Waals surface area contributed by atoms with Crippen LogP contribution in [0.25, 0.3) is 0 Å². The number of amides is 2. The number of anilines is 2. The van der Waals surface area contributed by atoms with Crippen LogP contribution in [0, 0.1) is 12.3 Å². The normalized spacial score (nSPS) is 14.9. The Hall–Kier alpha value is -2.14. The van der Waals surface area contributed by atoms with Crippen LogP contribution in [0.2, 0.25) is 0 Å². The molecule has 118 valence electrons. The molecule has 5 heteroatoms. The summed E-state index contributed by atoms with van der Waals surface area (Å²) in [5.74, 6) is -0.489. The van der Waals surface area contributed by atoms with Crippen LogP contribution in [0.3, 0.4) is 0 Å². The van der Waals surface area contributed by atoms with E-state index < -0.39 is 5.41 Å². The Kier molecular flexibility index (Phi) is 4.22. The first-order valence-electron chi connectivity index (χ1n) is 7.45. The predicted molar refractivity (Wildman–Crippen MR) is 94.2 cm³/mol. The molecular weight excluding hydrogens is 356 g/mol. The number of hydrogen-bond acceptors (Lipinski definition) is 2. The SMILES string of the molecule is Cc1cccc(NC(=O)C2(C(=O)Nc3cccc(Br)c3)CC2)c1.